The quantitative estimate of drug-likeness (QED) is 0.769. The van der Waals surface area contributed by atoms with Gasteiger partial charge in [-0.15, -0.1) is 0 Å². The van der Waals surface area contributed by atoms with Gasteiger partial charge in [0.05, 0.1) is 11.3 Å². The number of fused-ring (bicyclic) bond motifs is 3. The summed E-state index contributed by atoms with van der Waals surface area (Å²) in [6, 6.07) is 5.91. The predicted molar refractivity (Wildman–Crippen MR) is 99.5 cm³/mol. The molecule has 1 aliphatic carbocycles. The number of hydrogen-bond donors (Lipinski definition) is 2. The fraction of sp³-hybridized carbons (Fsp3) is 0.500. The number of benzene rings is 1. The Bertz CT molecular complexity index is 865. The maximum absolute atomic E-state index is 13.1. The van der Waals surface area contributed by atoms with E-state index in [1.54, 1.807) is 36.1 Å². The molecule has 2 N–H and O–H groups in total. The summed E-state index contributed by atoms with van der Waals surface area (Å²) >= 11 is 0. The van der Waals surface area contributed by atoms with Gasteiger partial charge in [-0.25, -0.2) is 4.79 Å². The van der Waals surface area contributed by atoms with Crippen LogP contribution >= 0.6 is 0 Å². The Balaban J connectivity index is 1.58. The summed E-state index contributed by atoms with van der Waals surface area (Å²) in [6.07, 6.45) is 3.07. The van der Waals surface area contributed by atoms with E-state index in [1.165, 1.54) is 4.90 Å². The lowest BCUT2D eigenvalue weighted by atomic mass is 9.98. The normalized spacial score (nSPS) is 24.6. The Morgan fingerprint density at radius 2 is 2.00 bits per heavy atom. The van der Waals surface area contributed by atoms with E-state index >= 15 is 0 Å². The molecule has 1 aromatic rings. The molecule has 1 saturated carbocycles. The zero-order valence-corrected chi connectivity index (χ0v) is 15.7. The maximum atomic E-state index is 13.1. The van der Waals surface area contributed by atoms with Crippen molar-refractivity contribution in [1.82, 2.24) is 10.2 Å². The first kappa shape index (κ1) is 18.5. The van der Waals surface area contributed by atoms with Crippen LogP contribution in [0.4, 0.5) is 5.69 Å². The predicted octanol–water partition coefficient (Wildman–Crippen LogP) is 1.35. The number of anilines is 1. The number of carboxylic acid groups (broad SMARTS) is 1. The van der Waals surface area contributed by atoms with Crippen molar-refractivity contribution in [2.45, 2.75) is 50.7 Å². The van der Waals surface area contributed by atoms with Gasteiger partial charge in [-0.3, -0.25) is 19.3 Å². The second kappa shape index (κ2) is 6.61. The number of amides is 3. The van der Waals surface area contributed by atoms with Gasteiger partial charge < -0.3 is 15.3 Å². The summed E-state index contributed by atoms with van der Waals surface area (Å²) in [5, 5.41) is 11.9. The van der Waals surface area contributed by atoms with Crippen LogP contribution in [0, 0.1) is 5.92 Å². The fourth-order valence-electron chi connectivity index (χ4n) is 4.23. The number of carbonyl (C=O) groups excluding carboxylic acids is 3. The third-order valence-corrected chi connectivity index (χ3v) is 5.95. The molecule has 1 aromatic carbocycles. The van der Waals surface area contributed by atoms with Crippen LogP contribution in [-0.2, 0) is 14.4 Å². The highest BCUT2D eigenvalue weighted by molar-refractivity contribution is 6.11. The molecule has 2 atom stereocenters. The molecule has 2 fully saturated rings. The molecule has 2 unspecified atom stereocenters. The van der Waals surface area contributed by atoms with Crippen LogP contribution in [0.2, 0.25) is 0 Å². The molecular weight excluding hydrogens is 362 g/mol. The minimum absolute atomic E-state index is 0.0926. The number of nitrogens with zero attached hydrogens (tertiary/aromatic N) is 2. The molecule has 0 radical (unpaired) electrons. The Kier molecular flexibility index (Phi) is 4.36. The van der Waals surface area contributed by atoms with Crippen LogP contribution in [0.1, 0.15) is 49.4 Å². The molecule has 2 aliphatic heterocycles. The zero-order valence-electron chi connectivity index (χ0n) is 15.7. The first-order valence-electron chi connectivity index (χ1n) is 9.57. The standard InChI is InChI=1S/C20H23N3O5/c1-20-9-8-17(25)23(20)15-5-3-2-4-13(15)18(26)22(20)11-16(24)21-14(19(27)28)10-12-6-7-12/h2-5,12,14H,6-11H2,1H3,(H,21,24)(H,27,28). The number of rotatable bonds is 6. The summed E-state index contributed by atoms with van der Waals surface area (Å²) in [5.41, 5.74) is -0.00295. The minimum Gasteiger partial charge on any atom is -0.480 e. The van der Waals surface area contributed by atoms with E-state index in [-0.39, 0.29) is 24.8 Å². The van der Waals surface area contributed by atoms with Crippen LogP contribution in [-0.4, -0.2) is 51.9 Å². The number of nitrogens with one attached hydrogen (secondary N) is 1. The van der Waals surface area contributed by atoms with E-state index in [0.717, 1.165) is 12.8 Å². The van der Waals surface area contributed by atoms with Crippen molar-refractivity contribution in [2.24, 2.45) is 5.92 Å². The highest BCUT2D eigenvalue weighted by Crippen LogP contribution is 2.43. The lowest BCUT2D eigenvalue weighted by molar-refractivity contribution is -0.142. The molecular formula is C20H23N3O5. The SMILES string of the molecule is CC12CCC(=O)N1c1ccccc1C(=O)N2CC(=O)NC(CC1CC1)C(=O)O. The lowest BCUT2D eigenvalue weighted by Crippen LogP contribution is -2.64. The third kappa shape index (κ3) is 3.02. The summed E-state index contributed by atoms with van der Waals surface area (Å²) in [4.78, 5) is 52.7. The van der Waals surface area contributed by atoms with E-state index in [4.69, 9.17) is 0 Å². The number of hydrogen-bond acceptors (Lipinski definition) is 4. The van der Waals surface area contributed by atoms with Crippen molar-refractivity contribution in [2.75, 3.05) is 11.4 Å². The molecule has 8 nitrogen and oxygen atoms in total. The first-order valence-corrected chi connectivity index (χ1v) is 9.57. The van der Waals surface area contributed by atoms with Gasteiger partial charge in [0.25, 0.3) is 5.91 Å². The topological polar surface area (TPSA) is 107 Å². The molecule has 2 heterocycles. The first-order chi connectivity index (χ1) is 13.3. The van der Waals surface area contributed by atoms with Crippen molar-refractivity contribution in [3.63, 3.8) is 0 Å². The number of carbonyl (C=O) groups is 4. The van der Waals surface area contributed by atoms with Crippen molar-refractivity contribution >= 4 is 29.4 Å². The summed E-state index contributed by atoms with van der Waals surface area (Å²) in [5.74, 6) is -1.68. The molecule has 1 saturated heterocycles. The van der Waals surface area contributed by atoms with Crippen LogP contribution in [0.15, 0.2) is 24.3 Å². The van der Waals surface area contributed by atoms with Crippen LogP contribution < -0.4 is 10.2 Å². The number of aliphatic carboxylic acids is 1. The van der Waals surface area contributed by atoms with Gasteiger partial charge in [-0.1, -0.05) is 25.0 Å². The van der Waals surface area contributed by atoms with Crippen molar-refractivity contribution in [1.29, 1.82) is 0 Å². The smallest absolute Gasteiger partial charge is 0.326 e. The van der Waals surface area contributed by atoms with Crippen LogP contribution in [0.25, 0.3) is 0 Å². The Hall–Kier alpha value is -2.90. The third-order valence-electron chi connectivity index (χ3n) is 5.95. The number of carboxylic acids is 1. The molecule has 0 aromatic heterocycles. The van der Waals surface area contributed by atoms with E-state index in [2.05, 4.69) is 5.32 Å². The molecule has 0 spiro atoms. The van der Waals surface area contributed by atoms with Crippen LogP contribution in [0.3, 0.4) is 0 Å². The molecule has 4 rings (SSSR count). The molecule has 8 heteroatoms. The maximum Gasteiger partial charge on any atom is 0.326 e. The van der Waals surface area contributed by atoms with Gasteiger partial charge in [0.1, 0.15) is 18.2 Å². The molecule has 3 aliphatic rings. The Labute approximate surface area is 162 Å². The van der Waals surface area contributed by atoms with Gasteiger partial charge in [0.15, 0.2) is 0 Å². The average Bonchev–Trinajstić information content (AvgIpc) is 3.41. The second-order valence-electron chi connectivity index (χ2n) is 7.99. The van der Waals surface area contributed by atoms with Crippen molar-refractivity contribution in [3.05, 3.63) is 29.8 Å². The van der Waals surface area contributed by atoms with E-state index < -0.39 is 23.6 Å². The molecule has 28 heavy (non-hydrogen) atoms. The van der Waals surface area contributed by atoms with E-state index in [1.807, 2.05) is 0 Å². The van der Waals surface area contributed by atoms with Gasteiger partial charge in [0.2, 0.25) is 11.8 Å². The fourth-order valence-corrected chi connectivity index (χ4v) is 4.23. The molecule has 148 valence electrons. The minimum atomic E-state index is -1.07. The largest absolute Gasteiger partial charge is 0.480 e. The Morgan fingerprint density at radius 1 is 1.29 bits per heavy atom. The highest BCUT2D eigenvalue weighted by Gasteiger charge is 2.53. The summed E-state index contributed by atoms with van der Waals surface area (Å²) in [6.45, 7) is 1.49. The lowest BCUT2D eigenvalue weighted by Gasteiger charge is -2.48. The van der Waals surface area contributed by atoms with Crippen molar-refractivity contribution < 1.29 is 24.3 Å². The average molecular weight is 385 g/mol. The van der Waals surface area contributed by atoms with Gasteiger partial charge in [0, 0.05) is 6.42 Å². The van der Waals surface area contributed by atoms with E-state index in [0.29, 0.717) is 30.0 Å². The summed E-state index contributed by atoms with van der Waals surface area (Å²) < 4.78 is 0. The monoisotopic (exact) mass is 385 g/mol. The van der Waals surface area contributed by atoms with Gasteiger partial charge in [-0.05, 0) is 37.8 Å². The van der Waals surface area contributed by atoms with Gasteiger partial charge in [-0.2, -0.15) is 0 Å². The number of para-hydroxylation sites is 1. The molecule has 3 amide bonds. The van der Waals surface area contributed by atoms with Crippen molar-refractivity contribution in [3.8, 4) is 0 Å². The van der Waals surface area contributed by atoms with E-state index in [9.17, 15) is 24.3 Å². The van der Waals surface area contributed by atoms with Crippen LogP contribution in [0.5, 0.6) is 0 Å². The zero-order chi connectivity index (χ0) is 20.1. The second-order valence-corrected chi connectivity index (χ2v) is 7.99. The summed E-state index contributed by atoms with van der Waals surface area (Å²) in [7, 11) is 0. The highest BCUT2D eigenvalue weighted by atomic mass is 16.4. The Morgan fingerprint density at radius 3 is 2.68 bits per heavy atom. The molecule has 0 bridgehead atoms. The van der Waals surface area contributed by atoms with Gasteiger partial charge >= 0.3 is 5.97 Å².